The van der Waals surface area contributed by atoms with Crippen LogP contribution in [0.1, 0.15) is 12.8 Å². The zero-order valence-electron chi connectivity index (χ0n) is 12.7. The van der Waals surface area contributed by atoms with E-state index in [0.29, 0.717) is 0 Å². The van der Waals surface area contributed by atoms with Crippen molar-refractivity contribution in [2.75, 3.05) is 4.72 Å². The first-order chi connectivity index (χ1) is 11.7. The zero-order valence-corrected chi connectivity index (χ0v) is 14.4. The Balaban J connectivity index is 1.85. The standard InChI is InChI=1S/C15H14F2N2O4S2/c16-13-2-1-3-14(17)15(13)19-25(22,23)12-8-6-11(7-9-12)24(20,21)18-10-4-5-10/h1-3,6-10,18-19H,4-5H2. The van der Waals surface area contributed by atoms with Gasteiger partial charge < -0.3 is 0 Å². The lowest BCUT2D eigenvalue weighted by Gasteiger charge is -2.11. The van der Waals surface area contributed by atoms with Gasteiger partial charge in [0.05, 0.1) is 9.79 Å². The van der Waals surface area contributed by atoms with Crippen molar-refractivity contribution in [3.05, 3.63) is 54.1 Å². The van der Waals surface area contributed by atoms with Gasteiger partial charge in [-0.05, 0) is 49.2 Å². The second-order valence-corrected chi connectivity index (χ2v) is 8.97. The normalized spacial score (nSPS) is 15.1. The molecule has 1 fully saturated rings. The van der Waals surface area contributed by atoms with E-state index >= 15 is 0 Å². The molecular formula is C15H14F2N2O4S2. The fraction of sp³-hybridized carbons (Fsp3) is 0.200. The number of rotatable bonds is 6. The van der Waals surface area contributed by atoms with E-state index in [-0.39, 0.29) is 15.8 Å². The van der Waals surface area contributed by atoms with Crippen LogP contribution in [-0.4, -0.2) is 22.9 Å². The Kier molecular flexibility index (Phi) is 4.52. The monoisotopic (exact) mass is 388 g/mol. The molecule has 0 saturated heterocycles. The Bertz CT molecular complexity index is 982. The highest BCUT2D eigenvalue weighted by molar-refractivity contribution is 7.92. The number of nitrogens with one attached hydrogen (secondary N) is 2. The van der Waals surface area contributed by atoms with Crippen LogP contribution in [0.25, 0.3) is 0 Å². The minimum absolute atomic E-state index is 0.0842. The Morgan fingerprint density at radius 1 is 0.800 bits per heavy atom. The third-order valence-electron chi connectivity index (χ3n) is 3.54. The molecule has 0 amide bonds. The van der Waals surface area contributed by atoms with Gasteiger partial charge in [-0.3, -0.25) is 4.72 Å². The smallest absolute Gasteiger partial charge is 0.262 e. The van der Waals surface area contributed by atoms with Gasteiger partial charge in [-0.25, -0.2) is 30.3 Å². The van der Waals surface area contributed by atoms with Crippen LogP contribution in [0.15, 0.2) is 52.3 Å². The Hall–Kier alpha value is -2.04. The van der Waals surface area contributed by atoms with Crippen molar-refractivity contribution < 1.29 is 25.6 Å². The minimum Gasteiger partial charge on any atom is -0.274 e. The van der Waals surface area contributed by atoms with E-state index in [0.717, 1.165) is 55.3 Å². The average molecular weight is 388 g/mol. The molecule has 25 heavy (non-hydrogen) atoms. The fourth-order valence-electron chi connectivity index (χ4n) is 2.08. The zero-order chi connectivity index (χ0) is 18.2. The molecule has 6 nitrogen and oxygen atoms in total. The van der Waals surface area contributed by atoms with Crippen LogP contribution in [0.3, 0.4) is 0 Å². The van der Waals surface area contributed by atoms with Crippen LogP contribution < -0.4 is 9.44 Å². The highest BCUT2D eigenvalue weighted by atomic mass is 32.2. The summed E-state index contributed by atoms with van der Waals surface area (Å²) >= 11 is 0. The van der Waals surface area contributed by atoms with Gasteiger partial charge in [-0.1, -0.05) is 6.07 Å². The summed E-state index contributed by atoms with van der Waals surface area (Å²) in [6, 6.07) is 7.22. The minimum atomic E-state index is -4.28. The molecule has 2 aromatic rings. The van der Waals surface area contributed by atoms with Gasteiger partial charge in [-0.2, -0.15) is 0 Å². The third-order valence-corrected chi connectivity index (χ3v) is 6.44. The summed E-state index contributed by atoms with van der Waals surface area (Å²) in [5.41, 5.74) is -0.797. The molecule has 0 spiro atoms. The highest BCUT2D eigenvalue weighted by Gasteiger charge is 2.28. The van der Waals surface area contributed by atoms with Crippen molar-refractivity contribution >= 4 is 25.7 Å². The van der Waals surface area contributed by atoms with E-state index in [4.69, 9.17) is 0 Å². The first-order valence-electron chi connectivity index (χ1n) is 7.28. The van der Waals surface area contributed by atoms with Gasteiger partial charge >= 0.3 is 0 Å². The van der Waals surface area contributed by atoms with Crippen molar-refractivity contribution in [3.8, 4) is 0 Å². The van der Waals surface area contributed by atoms with Crippen LogP contribution in [-0.2, 0) is 20.0 Å². The van der Waals surface area contributed by atoms with Crippen LogP contribution >= 0.6 is 0 Å². The lowest BCUT2D eigenvalue weighted by atomic mass is 10.3. The topological polar surface area (TPSA) is 92.3 Å². The summed E-state index contributed by atoms with van der Waals surface area (Å²) in [5.74, 6) is -2.12. The molecule has 0 bridgehead atoms. The van der Waals surface area contributed by atoms with E-state index in [1.165, 1.54) is 0 Å². The number of hydrogen-bond acceptors (Lipinski definition) is 4. The van der Waals surface area contributed by atoms with Crippen molar-refractivity contribution in [3.63, 3.8) is 0 Å². The molecule has 3 rings (SSSR count). The molecule has 0 aromatic heterocycles. The van der Waals surface area contributed by atoms with Crippen LogP contribution in [0, 0.1) is 11.6 Å². The number of hydrogen-bond donors (Lipinski definition) is 2. The summed E-state index contributed by atoms with van der Waals surface area (Å²) in [5, 5.41) is 0. The molecule has 134 valence electrons. The molecule has 10 heteroatoms. The SMILES string of the molecule is O=S(=O)(Nc1c(F)cccc1F)c1ccc(S(=O)(=O)NC2CC2)cc1. The van der Waals surface area contributed by atoms with E-state index in [9.17, 15) is 25.6 Å². The van der Waals surface area contributed by atoms with Crippen LogP contribution in [0.4, 0.5) is 14.5 Å². The molecule has 2 N–H and O–H groups in total. The fourth-order valence-corrected chi connectivity index (χ4v) is 4.46. The first-order valence-corrected chi connectivity index (χ1v) is 10.2. The largest absolute Gasteiger partial charge is 0.274 e. The molecule has 1 aliphatic carbocycles. The highest BCUT2D eigenvalue weighted by Crippen LogP contribution is 2.24. The number of para-hydroxylation sites is 1. The van der Waals surface area contributed by atoms with Gasteiger partial charge in [0.1, 0.15) is 17.3 Å². The second kappa shape index (κ2) is 6.36. The predicted octanol–water partition coefficient (Wildman–Crippen LogP) is 2.21. The molecule has 1 saturated carbocycles. The maximum absolute atomic E-state index is 13.6. The maximum atomic E-state index is 13.6. The quantitative estimate of drug-likeness (QED) is 0.794. The predicted molar refractivity (Wildman–Crippen MR) is 87.0 cm³/mol. The Morgan fingerprint density at radius 3 is 1.76 bits per heavy atom. The summed E-state index contributed by atoms with van der Waals surface area (Å²) < 4.78 is 80.1. The summed E-state index contributed by atoms with van der Waals surface area (Å²) in [6.45, 7) is 0. The summed E-state index contributed by atoms with van der Waals surface area (Å²) in [6.07, 6.45) is 1.54. The molecule has 0 unspecified atom stereocenters. The van der Waals surface area contributed by atoms with Crippen molar-refractivity contribution in [1.29, 1.82) is 0 Å². The van der Waals surface area contributed by atoms with Crippen LogP contribution in [0.2, 0.25) is 0 Å². The van der Waals surface area contributed by atoms with Crippen molar-refractivity contribution in [2.45, 2.75) is 28.7 Å². The van der Waals surface area contributed by atoms with Crippen molar-refractivity contribution in [2.24, 2.45) is 0 Å². The molecule has 0 radical (unpaired) electrons. The molecule has 0 heterocycles. The number of benzene rings is 2. The van der Waals surface area contributed by atoms with Gasteiger partial charge in [0.2, 0.25) is 10.0 Å². The summed E-state index contributed by atoms with van der Waals surface area (Å²) in [4.78, 5) is -0.407. The van der Waals surface area contributed by atoms with Gasteiger partial charge in [0.15, 0.2) is 0 Å². The molecule has 0 aliphatic heterocycles. The molecule has 0 atom stereocenters. The second-order valence-electron chi connectivity index (χ2n) is 5.57. The van der Waals surface area contributed by atoms with E-state index in [1.807, 2.05) is 4.72 Å². The van der Waals surface area contributed by atoms with Crippen molar-refractivity contribution in [1.82, 2.24) is 4.72 Å². The lowest BCUT2D eigenvalue weighted by Crippen LogP contribution is -2.25. The lowest BCUT2D eigenvalue weighted by molar-refractivity contribution is 0.580. The Labute approximate surface area is 144 Å². The van der Waals surface area contributed by atoms with Gasteiger partial charge in [0, 0.05) is 6.04 Å². The number of halogens is 2. The van der Waals surface area contributed by atoms with E-state index in [1.54, 1.807) is 0 Å². The molecule has 1 aliphatic rings. The average Bonchev–Trinajstić information content (AvgIpc) is 3.34. The number of anilines is 1. The number of sulfonamides is 2. The van der Waals surface area contributed by atoms with Gasteiger partial charge in [0.25, 0.3) is 10.0 Å². The van der Waals surface area contributed by atoms with Gasteiger partial charge in [-0.15, -0.1) is 0 Å². The first kappa shape index (κ1) is 17.8. The molecule has 2 aromatic carbocycles. The Morgan fingerprint density at radius 2 is 1.28 bits per heavy atom. The van der Waals surface area contributed by atoms with E-state index < -0.39 is 37.4 Å². The van der Waals surface area contributed by atoms with Crippen LogP contribution in [0.5, 0.6) is 0 Å². The maximum Gasteiger partial charge on any atom is 0.262 e. The summed E-state index contributed by atoms with van der Waals surface area (Å²) in [7, 11) is -7.99. The van der Waals surface area contributed by atoms with E-state index in [2.05, 4.69) is 4.72 Å². The molecular weight excluding hydrogens is 374 g/mol. The third kappa shape index (κ3) is 3.97.